The van der Waals surface area contributed by atoms with Gasteiger partial charge in [0.2, 0.25) is 0 Å². The number of nitrogens with zero attached hydrogens (tertiary/aromatic N) is 1. The highest BCUT2D eigenvalue weighted by Crippen LogP contribution is 2.41. The topological polar surface area (TPSA) is 72.9 Å². The van der Waals surface area contributed by atoms with Crippen molar-refractivity contribution in [2.24, 2.45) is 0 Å². The Balaban J connectivity index is 2.30. The van der Waals surface area contributed by atoms with Crippen LogP contribution in [0.3, 0.4) is 0 Å². The summed E-state index contributed by atoms with van der Waals surface area (Å²) in [6.07, 6.45) is 0.697. The lowest BCUT2D eigenvalue weighted by atomic mass is 9.83. The average molecular weight is 378 g/mol. The van der Waals surface area contributed by atoms with Crippen molar-refractivity contribution in [3.8, 4) is 0 Å². The SMILES string of the molecule is [C-]#[N+]C1=C(C)NC(C)=C(C(=O)OCCC)[C@@H]1c1cccc2c(=O)cc(C)oc12. The number of allylic oxidation sites excluding steroid dienone is 3. The minimum Gasteiger partial charge on any atom is -0.462 e. The molecule has 0 bridgehead atoms. The summed E-state index contributed by atoms with van der Waals surface area (Å²) in [7, 11) is 0. The highest BCUT2D eigenvalue weighted by Gasteiger charge is 2.36. The largest absolute Gasteiger partial charge is 0.462 e. The van der Waals surface area contributed by atoms with Crippen molar-refractivity contribution in [1.82, 2.24) is 5.32 Å². The molecule has 3 rings (SSSR count). The number of fused-ring (bicyclic) bond motifs is 1. The van der Waals surface area contributed by atoms with Crippen LogP contribution in [0.1, 0.15) is 44.4 Å². The summed E-state index contributed by atoms with van der Waals surface area (Å²) in [4.78, 5) is 29.0. The van der Waals surface area contributed by atoms with Crippen LogP contribution in [-0.2, 0) is 9.53 Å². The minimum absolute atomic E-state index is 0.157. The zero-order valence-corrected chi connectivity index (χ0v) is 16.4. The van der Waals surface area contributed by atoms with Crippen molar-refractivity contribution in [2.75, 3.05) is 6.61 Å². The van der Waals surface area contributed by atoms with Gasteiger partial charge in [-0.2, -0.15) is 0 Å². The maximum atomic E-state index is 12.9. The molecule has 2 heterocycles. The van der Waals surface area contributed by atoms with E-state index in [1.54, 1.807) is 39.0 Å². The van der Waals surface area contributed by atoms with E-state index >= 15 is 0 Å². The Hall–Kier alpha value is -3.33. The zero-order valence-electron chi connectivity index (χ0n) is 16.4. The number of ether oxygens (including phenoxy) is 1. The number of rotatable bonds is 4. The lowest BCUT2D eigenvalue weighted by Gasteiger charge is -2.28. The highest BCUT2D eigenvalue weighted by atomic mass is 16.5. The Labute approximate surface area is 163 Å². The second-order valence-electron chi connectivity index (χ2n) is 6.80. The second-order valence-corrected chi connectivity index (χ2v) is 6.80. The fourth-order valence-corrected chi connectivity index (χ4v) is 3.52. The molecule has 0 aliphatic carbocycles. The Kier molecular flexibility index (Phi) is 5.36. The van der Waals surface area contributed by atoms with Crippen LogP contribution in [0.2, 0.25) is 0 Å². The first-order valence-electron chi connectivity index (χ1n) is 9.15. The normalized spacial score (nSPS) is 16.8. The molecule has 1 aromatic carbocycles. The molecule has 28 heavy (non-hydrogen) atoms. The van der Waals surface area contributed by atoms with E-state index in [0.717, 1.165) is 0 Å². The molecular weight excluding hydrogens is 356 g/mol. The third-order valence-corrected chi connectivity index (χ3v) is 4.72. The maximum Gasteiger partial charge on any atom is 0.335 e. The van der Waals surface area contributed by atoms with Gasteiger partial charge in [-0.3, -0.25) is 4.79 Å². The molecule has 144 valence electrons. The Morgan fingerprint density at radius 3 is 2.71 bits per heavy atom. The molecule has 6 heteroatoms. The van der Waals surface area contributed by atoms with Crippen LogP contribution in [-0.4, -0.2) is 12.6 Å². The van der Waals surface area contributed by atoms with Gasteiger partial charge < -0.3 is 14.5 Å². The summed E-state index contributed by atoms with van der Waals surface area (Å²) in [5.74, 6) is -0.672. The van der Waals surface area contributed by atoms with E-state index in [9.17, 15) is 9.59 Å². The van der Waals surface area contributed by atoms with Gasteiger partial charge in [-0.15, -0.1) is 0 Å². The molecule has 0 saturated carbocycles. The summed E-state index contributed by atoms with van der Waals surface area (Å²) in [5, 5.41) is 3.53. The van der Waals surface area contributed by atoms with Gasteiger partial charge in [0.15, 0.2) is 11.1 Å². The fourth-order valence-electron chi connectivity index (χ4n) is 3.52. The van der Waals surface area contributed by atoms with Crippen LogP contribution in [0, 0.1) is 13.5 Å². The molecule has 1 aromatic heterocycles. The lowest BCUT2D eigenvalue weighted by molar-refractivity contribution is -0.139. The van der Waals surface area contributed by atoms with Crippen molar-refractivity contribution in [1.29, 1.82) is 0 Å². The fraction of sp³-hybridized carbons (Fsp3) is 0.318. The van der Waals surface area contributed by atoms with Crippen molar-refractivity contribution < 1.29 is 13.9 Å². The number of carbonyl (C=O) groups is 1. The van der Waals surface area contributed by atoms with Crippen LogP contribution in [0.4, 0.5) is 0 Å². The van der Waals surface area contributed by atoms with E-state index in [1.807, 2.05) is 6.92 Å². The monoisotopic (exact) mass is 378 g/mol. The van der Waals surface area contributed by atoms with Gasteiger partial charge in [0, 0.05) is 17.5 Å². The third kappa shape index (κ3) is 3.31. The van der Waals surface area contributed by atoms with E-state index in [2.05, 4.69) is 10.2 Å². The van der Waals surface area contributed by atoms with Crippen LogP contribution in [0.5, 0.6) is 0 Å². The lowest BCUT2D eigenvalue weighted by Crippen LogP contribution is -2.28. The molecule has 0 saturated heterocycles. The molecule has 1 N–H and O–H groups in total. The van der Waals surface area contributed by atoms with Crippen molar-refractivity contribution in [3.63, 3.8) is 0 Å². The maximum absolute atomic E-state index is 12.9. The number of hydrogen-bond donors (Lipinski definition) is 1. The van der Waals surface area contributed by atoms with E-state index in [0.29, 0.717) is 58.0 Å². The number of nitrogens with one attached hydrogen (secondary N) is 1. The third-order valence-electron chi connectivity index (χ3n) is 4.72. The summed E-state index contributed by atoms with van der Waals surface area (Å²) in [5.41, 5.74) is 2.87. The van der Waals surface area contributed by atoms with Crippen molar-refractivity contribution >= 4 is 16.9 Å². The quantitative estimate of drug-likeness (QED) is 0.639. The Morgan fingerprint density at radius 2 is 2.04 bits per heavy atom. The summed E-state index contributed by atoms with van der Waals surface area (Å²) < 4.78 is 11.3. The zero-order chi connectivity index (χ0) is 20.4. The smallest absolute Gasteiger partial charge is 0.335 e. The minimum atomic E-state index is -0.670. The first-order valence-corrected chi connectivity index (χ1v) is 9.15. The number of carbonyl (C=O) groups excluding carboxylic acids is 1. The Bertz CT molecular complexity index is 1120. The summed E-state index contributed by atoms with van der Waals surface area (Å²) >= 11 is 0. The van der Waals surface area contributed by atoms with E-state index in [4.69, 9.17) is 15.7 Å². The number of esters is 1. The summed E-state index contributed by atoms with van der Waals surface area (Å²) in [6.45, 7) is 15.2. The molecule has 1 atom stereocenters. The van der Waals surface area contributed by atoms with Gasteiger partial charge in [-0.25, -0.2) is 9.64 Å². The van der Waals surface area contributed by atoms with Gasteiger partial charge in [-0.1, -0.05) is 19.1 Å². The number of aryl methyl sites for hydroxylation is 1. The van der Waals surface area contributed by atoms with Gasteiger partial charge >= 0.3 is 5.97 Å². The molecular formula is C22H22N2O4. The summed E-state index contributed by atoms with van der Waals surface area (Å²) in [6, 6.07) is 6.65. The highest BCUT2D eigenvalue weighted by molar-refractivity contribution is 5.94. The molecule has 1 aliphatic heterocycles. The number of hydrogen-bond acceptors (Lipinski definition) is 5. The van der Waals surface area contributed by atoms with Crippen molar-refractivity contribution in [3.05, 3.63) is 79.9 Å². The van der Waals surface area contributed by atoms with Crippen LogP contribution >= 0.6 is 0 Å². The number of para-hydroxylation sites is 1. The van der Waals surface area contributed by atoms with Crippen molar-refractivity contribution in [2.45, 2.75) is 40.0 Å². The molecule has 0 amide bonds. The second kappa shape index (κ2) is 7.73. The van der Waals surface area contributed by atoms with E-state index in [1.165, 1.54) is 6.07 Å². The van der Waals surface area contributed by atoms with Gasteiger partial charge in [0.1, 0.15) is 11.3 Å². The molecule has 0 radical (unpaired) electrons. The predicted molar refractivity (Wildman–Crippen MR) is 106 cm³/mol. The molecule has 0 fully saturated rings. The average Bonchev–Trinajstić information content (AvgIpc) is 2.65. The van der Waals surface area contributed by atoms with Gasteiger partial charge in [-0.05, 0) is 38.8 Å². The predicted octanol–water partition coefficient (Wildman–Crippen LogP) is 4.17. The molecule has 6 nitrogen and oxygen atoms in total. The van der Waals surface area contributed by atoms with Crippen LogP contribution < -0.4 is 10.7 Å². The molecule has 0 unspecified atom stereocenters. The van der Waals surface area contributed by atoms with Crippen LogP contribution in [0.15, 0.2) is 56.1 Å². The first-order chi connectivity index (χ1) is 13.4. The van der Waals surface area contributed by atoms with Gasteiger partial charge in [0.25, 0.3) is 0 Å². The van der Waals surface area contributed by atoms with Gasteiger partial charge in [0.05, 0.1) is 30.1 Å². The molecule has 0 spiro atoms. The molecule has 2 aromatic rings. The number of dihydropyridines is 1. The van der Waals surface area contributed by atoms with Crippen LogP contribution in [0.25, 0.3) is 15.8 Å². The number of benzene rings is 1. The standard InChI is InChI=1S/C22H22N2O4/c1-6-10-27-22(26)18-13(3)24-14(4)20(23-5)19(18)16-9-7-8-15-17(25)11-12(2)28-21(15)16/h7-9,11,19,24H,6,10H2,1-4H3/t19-/m0/s1. The van der Waals surface area contributed by atoms with E-state index < -0.39 is 11.9 Å². The van der Waals surface area contributed by atoms with E-state index in [-0.39, 0.29) is 5.43 Å². The first kappa shape index (κ1) is 19.4. The molecule has 1 aliphatic rings. The Morgan fingerprint density at radius 1 is 1.29 bits per heavy atom.